The Morgan fingerprint density at radius 2 is 2.15 bits per heavy atom. The Kier molecular flexibility index (Phi) is 5.31. The van der Waals surface area contributed by atoms with Crippen LogP contribution in [0.15, 0.2) is 29.0 Å². The minimum Gasteiger partial charge on any atom is -0.369 e. The third-order valence-corrected chi connectivity index (χ3v) is 3.61. The molecule has 2 heterocycles. The second-order valence-corrected chi connectivity index (χ2v) is 5.96. The van der Waals surface area contributed by atoms with Crippen molar-refractivity contribution in [1.29, 1.82) is 0 Å². The summed E-state index contributed by atoms with van der Waals surface area (Å²) in [7, 11) is 0. The first-order chi connectivity index (χ1) is 9.61. The van der Waals surface area contributed by atoms with Gasteiger partial charge in [0.1, 0.15) is 5.52 Å². The average Bonchev–Trinajstić information content (AvgIpc) is 2.42. The van der Waals surface area contributed by atoms with Crippen LogP contribution in [0.2, 0.25) is 0 Å². The summed E-state index contributed by atoms with van der Waals surface area (Å²) in [5.74, 6) is 0. The lowest BCUT2D eigenvalue weighted by atomic mass is 10.2. The number of halogens is 1. The molecule has 0 atom stereocenters. The van der Waals surface area contributed by atoms with Gasteiger partial charge in [0.15, 0.2) is 0 Å². The monoisotopic (exact) mass is 336 g/mol. The van der Waals surface area contributed by atoms with Crippen LogP contribution in [0.4, 0.5) is 5.69 Å². The van der Waals surface area contributed by atoms with Crippen LogP contribution >= 0.6 is 15.9 Å². The van der Waals surface area contributed by atoms with Crippen molar-refractivity contribution in [3.8, 4) is 0 Å². The van der Waals surface area contributed by atoms with Gasteiger partial charge in [0.05, 0.1) is 11.2 Å². The molecule has 0 bridgehead atoms. The fraction of sp³-hybridized carbons (Fsp3) is 0.467. The fourth-order valence-corrected chi connectivity index (χ4v) is 2.50. The molecule has 0 saturated heterocycles. The van der Waals surface area contributed by atoms with E-state index in [1.807, 2.05) is 24.5 Å². The third kappa shape index (κ3) is 3.67. The molecule has 0 unspecified atom stereocenters. The molecule has 1 N–H and O–H groups in total. The van der Waals surface area contributed by atoms with Crippen LogP contribution in [0.25, 0.3) is 11.0 Å². The quantitative estimate of drug-likeness (QED) is 0.879. The van der Waals surface area contributed by atoms with E-state index < -0.39 is 0 Å². The zero-order valence-corrected chi connectivity index (χ0v) is 13.8. The summed E-state index contributed by atoms with van der Waals surface area (Å²) < 4.78 is 0.958. The SMILES string of the molecule is CCN(CCNC(C)C)c1ccnc2cc(Br)cnc12. The summed E-state index contributed by atoms with van der Waals surface area (Å²) >= 11 is 3.44. The summed E-state index contributed by atoms with van der Waals surface area (Å²) in [5.41, 5.74) is 3.03. The van der Waals surface area contributed by atoms with Gasteiger partial charge in [-0.25, -0.2) is 0 Å². The van der Waals surface area contributed by atoms with E-state index in [0.29, 0.717) is 6.04 Å². The normalized spacial score (nSPS) is 11.2. The maximum absolute atomic E-state index is 4.52. The van der Waals surface area contributed by atoms with Gasteiger partial charge >= 0.3 is 0 Å². The van der Waals surface area contributed by atoms with Crippen molar-refractivity contribution in [3.05, 3.63) is 29.0 Å². The van der Waals surface area contributed by atoms with Gasteiger partial charge in [-0.2, -0.15) is 0 Å². The Hall–Kier alpha value is -1.20. The Labute approximate surface area is 128 Å². The number of nitrogens with zero attached hydrogens (tertiary/aromatic N) is 3. The van der Waals surface area contributed by atoms with E-state index in [2.05, 4.69) is 56.9 Å². The molecule has 4 nitrogen and oxygen atoms in total. The van der Waals surface area contributed by atoms with Crippen LogP contribution in [-0.4, -0.2) is 35.6 Å². The van der Waals surface area contributed by atoms with Crippen molar-refractivity contribution < 1.29 is 0 Å². The molecular formula is C15H21BrN4. The highest BCUT2D eigenvalue weighted by Gasteiger charge is 2.10. The van der Waals surface area contributed by atoms with Crippen LogP contribution in [0.3, 0.4) is 0 Å². The van der Waals surface area contributed by atoms with Crippen molar-refractivity contribution in [2.45, 2.75) is 26.8 Å². The predicted molar refractivity (Wildman–Crippen MR) is 88.3 cm³/mol. The van der Waals surface area contributed by atoms with Gasteiger partial charge in [-0.05, 0) is 35.0 Å². The van der Waals surface area contributed by atoms with Crippen molar-refractivity contribution >= 4 is 32.7 Å². The van der Waals surface area contributed by atoms with Gasteiger partial charge in [0, 0.05) is 42.5 Å². The maximum atomic E-state index is 4.52. The van der Waals surface area contributed by atoms with E-state index in [0.717, 1.165) is 40.8 Å². The molecule has 0 aromatic carbocycles. The fourth-order valence-electron chi connectivity index (χ4n) is 2.18. The Morgan fingerprint density at radius 3 is 2.85 bits per heavy atom. The van der Waals surface area contributed by atoms with Crippen LogP contribution in [0, 0.1) is 0 Å². The number of likely N-dealkylation sites (N-methyl/N-ethyl adjacent to an activating group) is 1. The lowest BCUT2D eigenvalue weighted by Gasteiger charge is -2.24. The van der Waals surface area contributed by atoms with Gasteiger partial charge in [-0.3, -0.25) is 9.97 Å². The van der Waals surface area contributed by atoms with Crippen molar-refractivity contribution in [2.24, 2.45) is 0 Å². The highest BCUT2D eigenvalue weighted by Crippen LogP contribution is 2.25. The van der Waals surface area contributed by atoms with Crippen molar-refractivity contribution in [3.63, 3.8) is 0 Å². The van der Waals surface area contributed by atoms with Crippen LogP contribution in [0.5, 0.6) is 0 Å². The Balaban J connectivity index is 2.25. The lowest BCUT2D eigenvalue weighted by molar-refractivity contribution is 0.584. The summed E-state index contributed by atoms with van der Waals surface area (Å²) in [6.07, 6.45) is 3.68. The minimum absolute atomic E-state index is 0.511. The number of anilines is 1. The molecule has 0 aliphatic rings. The molecule has 0 aliphatic heterocycles. The molecule has 0 fully saturated rings. The number of hydrogen-bond donors (Lipinski definition) is 1. The third-order valence-electron chi connectivity index (χ3n) is 3.18. The van der Waals surface area contributed by atoms with E-state index in [9.17, 15) is 0 Å². The molecule has 2 aromatic heterocycles. The van der Waals surface area contributed by atoms with Gasteiger partial charge in [-0.1, -0.05) is 13.8 Å². The highest BCUT2D eigenvalue weighted by molar-refractivity contribution is 9.10. The van der Waals surface area contributed by atoms with Crippen LogP contribution in [0.1, 0.15) is 20.8 Å². The van der Waals surface area contributed by atoms with Crippen LogP contribution in [-0.2, 0) is 0 Å². The summed E-state index contributed by atoms with van der Waals surface area (Å²) in [5, 5.41) is 3.45. The number of nitrogens with one attached hydrogen (secondary N) is 1. The second kappa shape index (κ2) is 6.99. The molecule has 2 rings (SSSR count). The molecular weight excluding hydrogens is 316 g/mol. The minimum atomic E-state index is 0.511. The first kappa shape index (κ1) is 15.2. The topological polar surface area (TPSA) is 41.0 Å². The number of hydrogen-bond acceptors (Lipinski definition) is 4. The smallest absolute Gasteiger partial charge is 0.112 e. The number of pyridine rings is 2. The first-order valence-electron chi connectivity index (χ1n) is 7.00. The molecule has 2 aromatic rings. The van der Waals surface area contributed by atoms with E-state index in [1.54, 1.807) is 0 Å². The highest BCUT2D eigenvalue weighted by atomic mass is 79.9. The average molecular weight is 337 g/mol. The zero-order valence-electron chi connectivity index (χ0n) is 12.2. The van der Waals surface area contributed by atoms with Crippen molar-refractivity contribution in [2.75, 3.05) is 24.5 Å². The van der Waals surface area contributed by atoms with Gasteiger partial charge in [0.2, 0.25) is 0 Å². The molecule has 108 valence electrons. The van der Waals surface area contributed by atoms with E-state index in [4.69, 9.17) is 0 Å². The second-order valence-electron chi connectivity index (χ2n) is 5.04. The van der Waals surface area contributed by atoms with Crippen LogP contribution < -0.4 is 10.2 Å². The molecule has 5 heteroatoms. The largest absolute Gasteiger partial charge is 0.369 e. The Morgan fingerprint density at radius 1 is 1.35 bits per heavy atom. The van der Waals surface area contributed by atoms with Crippen molar-refractivity contribution in [1.82, 2.24) is 15.3 Å². The van der Waals surface area contributed by atoms with E-state index in [-0.39, 0.29) is 0 Å². The predicted octanol–water partition coefficient (Wildman–Crippen LogP) is 3.22. The number of rotatable bonds is 6. The zero-order chi connectivity index (χ0) is 14.5. The van der Waals surface area contributed by atoms with E-state index in [1.165, 1.54) is 0 Å². The standard InChI is InChI=1S/C15H21BrN4/c1-4-20(8-7-17-11(2)3)14-5-6-18-13-9-12(16)10-19-15(13)14/h5-6,9-11,17H,4,7-8H2,1-3H3. The molecule has 0 saturated carbocycles. The summed E-state index contributed by atoms with van der Waals surface area (Å²) in [6.45, 7) is 9.38. The number of fused-ring (bicyclic) bond motifs is 1. The molecule has 20 heavy (non-hydrogen) atoms. The molecule has 0 radical (unpaired) electrons. The van der Waals surface area contributed by atoms with Gasteiger partial charge in [-0.15, -0.1) is 0 Å². The molecule has 0 spiro atoms. The summed E-state index contributed by atoms with van der Waals surface area (Å²) in [6, 6.07) is 4.56. The first-order valence-corrected chi connectivity index (χ1v) is 7.79. The van der Waals surface area contributed by atoms with Gasteiger partial charge < -0.3 is 10.2 Å². The van der Waals surface area contributed by atoms with E-state index >= 15 is 0 Å². The Bertz CT molecular complexity index is 571. The molecule has 0 amide bonds. The number of aromatic nitrogens is 2. The molecule has 0 aliphatic carbocycles. The summed E-state index contributed by atoms with van der Waals surface area (Å²) in [4.78, 5) is 11.2. The lowest BCUT2D eigenvalue weighted by Crippen LogP contribution is -2.35. The van der Waals surface area contributed by atoms with Gasteiger partial charge in [0.25, 0.3) is 0 Å². The maximum Gasteiger partial charge on any atom is 0.112 e.